The third-order valence-corrected chi connectivity index (χ3v) is 24.6. The second-order valence-electron chi connectivity index (χ2n) is 37.3. The fraction of sp³-hybridized carbons (Fsp3) is 0.356. The molecule has 10 aromatic rings. The maximum atomic E-state index is 2.87. The van der Waals surface area contributed by atoms with Crippen molar-refractivity contribution in [3.63, 3.8) is 0 Å². The van der Waals surface area contributed by atoms with Gasteiger partial charge in [0.25, 0.3) is 0 Å². The van der Waals surface area contributed by atoms with E-state index in [0.29, 0.717) is 0 Å². The van der Waals surface area contributed by atoms with Crippen molar-refractivity contribution in [1.82, 2.24) is 0 Å². The summed E-state index contributed by atoms with van der Waals surface area (Å²) in [7, 11) is 0. The van der Waals surface area contributed by atoms with Gasteiger partial charge in [0.2, 0.25) is 0 Å². The van der Waals surface area contributed by atoms with Crippen LogP contribution in [0.2, 0.25) is 0 Å². The number of nitrogens with zero attached hydrogens (tertiary/aromatic N) is 4. The molecule has 5 aliphatic heterocycles. The molecule has 7 heteroatoms. The van der Waals surface area contributed by atoms with Gasteiger partial charge < -0.3 is 0 Å². The zero-order valence-corrected chi connectivity index (χ0v) is 64.2. The van der Waals surface area contributed by atoms with Gasteiger partial charge >= 0.3 is 592 Å². The first-order valence-corrected chi connectivity index (χ1v) is 37.5. The monoisotopic (exact) mass is 1340 g/mol. The fourth-order valence-corrected chi connectivity index (χ4v) is 18.7. The zero-order chi connectivity index (χ0) is 69.3. The predicted molar refractivity (Wildman–Crippen MR) is 425 cm³/mol. The molecular formula is C90H100B2N4Se. The third-order valence-electron chi connectivity index (χ3n) is 21.9. The molecule has 0 bridgehead atoms. The standard InChI is InChI=1S/C90H100B2N4Se/c1-83(2,3)55-36-40-69-68(47-55)92-67-39-38-66-77-78(67)96(74-52-61(89(19,20)21)49-71(76(74)92)93(69)63-43-57(85(7,8)9)41-58(44-63)86(10,11)12)80-79(81(53-31-27-25-28-32-53)97-82(80)54-33-29-26-30-34-54)95(77)73-51-62(90(22,23)24)50-72-75(73)91(66)65-37-35-56(84(4,5)6)48-70(65)94(72)64-45-59(87(13,14)15)42-60(46-64)88(16,17)18/h25-52H,1-24H3. The van der Waals surface area contributed by atoms with Gasteiger partial charge in [-0.3, -0.25) is 0 Å². The van der Waals surface area contributed by atoms with Crippen molar-refractivity contribution >= 4 is 129 Å². The first kappa shape index (κ1) is 65.3. The molecule has 0 saturated carbocycles. The van der Waals surface area contributed by atoms with E-state index in [1.807, 2.05) is 0 Å². The van der Waals surface area contributed by atoms with Gasteiger partial charge in [-0.2, -0.15) is 0 Å². The van der Waals surface area contributed by atoms with Gasteiger partial charge in [0.05, 0.1) is 0 Å². The summed E-state index contributed by atoms with van der Waals surface area (Å²) in [5.41, 5.74) is 35.8. The average Bonchev–Trinajstić information content (AvgIpc) is 1.65. The molecular weight excluding hydrogens is 1240 g/mol. The van der Waals surface area contributed by atoms with E-state index in [0.717, 1.165) is 0 Å². The van der Waals surface area contributed by atoms with Crippen LogP contribution in [0.5, 0.6) is 0 Å². The topological polar surface area (TPSA) is 13.0 Å². The Morgan fingerprint density at radius 3 is 0.907 bits per heavy atom. The van der Waals surface area contributed by atoms with Gasteiger partial charge in [-0.05, 0) is 0 Å². The van der Waals surface area contributed by atoms with Gasteiger partial charge in [0.15, 0.2) is 0 Å². The van der Waals surface area contributed by atoms with Crippen molar-refractivity contribution in [2.45, 2.75) is 209 Å². The quantitative estimate of drug-likeness (QED) is 0.163. The van der Waals surface area contributed by atoms with Crippen LogP contribution in [0.1, 0.15) is 211 Å². The van der Waals surface area contributed by atoms with Crippen LogP contribution < -0.4 is 52.4 Å². The second kappa shape index (κ2) is 21.4. The van der Waals surface area contributed by atoms with Gasteiger partial charge in [0, 0.05) is 0 Å². The summed E-state index contributed by atoms with van der Waals surface area (Å²) in [6.07, 6.45) is 0. The molecule has 0 N–H and O–H groups in total. The van der Waals surface area contributed by atoms with Crippen molar-refractivity contribution in [2.24, 2.45) is 0 Å². The van der Waals surface area contributed by atoms with Gasteiger partial charge in [-0.25, -0.2) is 0 Å². The van der Waals surface area contributed by atoms with Gasteiger partial charge in [0.1, 0.15) is 0 Å². The minimum atomic E-state index is -0.215. The molecule has 0 saturated heterocycles. The number of rotatable bonds is 4. The van der Waals surface area contributed by atoms with Crippen molar-refractivity contribution in [3.05, 3.63) is 214 Å². The van der Waals surface area contributed by atoms with E-state index < -0.39 is 0 Å². The van der Waals surface area contributed by atoms with Crippen LogP contribution in [0, 0.1) is 0 Å². The molecule has 1 aromatic heterocycles. The van der Waals surface area contributed by atoms with E-state index in [9.17, 15) is 0 Å². The van der Waals surface area contributed by atoms with E-state index in [-0.39, 0.29) is 71.2 Å². The molecule has 0 unspecified atom stereocenters. The van der Waals surface area contributed by atoms with Crippen LogP contribution in [-0.4, -0.2) is 27.9 Å². The Balaban J connectivity index is 1.14. The molecule has 97 heavy (non-hydrogen) atoms. The van der Waals surface area contributed by atoms with Crippen LogP contribution in [0.15, 0.2) is 170 Å². The first-order valence-electron chi connectivity index (χ1n) is 35.8. The van der Waals surface area contributed by atoms with Crippen molar-refractivity contribution < 1.29 is 0 Å². The predicted octanol–water partition coefficient (Wildman–Crippen LogP) is 20.9. The number of hydrogen-bond acceptors (Lipinski definition) is 4. The summed E-state index contributed by atoms with van der Waals surface area (Å²) in [4.78, 5) is 11.2. The molecule has 0 spiro atoms. The van der Waals surface area contributed by atoms with Crippen LogP contribution in [0.3, 0.4) is 0 Å². The van der Waals surface area contributed by atoms with Crippen LogP contribution in [0.4, 0.5) is 68.2 Å². The molecule has 0 aliphatic carbocycles. The van der Waals surface area contributed by atoms with Crippen molar-refractivity contribution in [1.29, 1.82) is 0 Å². The number of hydrogen-bond donors (Lipinski definition) is 0. The van der Waals surface area contributed by atoms with Gasteiger partial charge in [-0.15, -0.1) is 0 Å². The molecule has 15 rings (SSSR count). The van der Waals surface area contributed by atoms with Crippen molar-refractivity contribution in [3.8, 4) is 20.0 Å². The molecule has 0 atom stereocenters. The molecule has 0 fully saturated rings. The Labute approximate surface area is 588 Å². The second-order valence-corrected chi connectivity index (χ2v) is 39.4. The third kappa shape index (κ3) is 10.4. The Hall–Kier alpha value is -7.69. The van der Waals surface area contributed by atoms with Crippen LogP contribution >= 0.6 is 0 Å². The summed E-state index contributed by atoms with van der Waals surface area (Å²) in [6, 6.07) is 69.0. The normalized spacial score (nSPS) is 14.9. The average molecular weight is 1340 g/mol. The zero-order valence-electron chi connectivity index (χ0n) is 62.5. The molecule has 5 aliphatic rings. The molecule has 0 amide bonds. The molecule has 492 valence electrons. The van der Waals surface area contributed by atoms with Crippen molar-refractivity contribution in [2.75, 3.05) is 19.6 Å². The van der Waals surface area contributed by atoms with E-state index >= 15 is 0 Å². The summed E-state index contributed by atoms with van der Waals surface area (Å²) in [5.74, 6) is 0. The summed E-state index contributed by atoms with van der Waals surface area (Å²) < 4.78 is 2.82. The van der Waals surface area contributed by atoms with E-state index in [2.05, 4.69) is 356 Å². The number of anilines is 12. The first-order chi connectivity index (χ1) is 45.2. The molecule has 4 nitrogen and oxygen atoms in total. The Morgan fingerprint density at radius 2 is 0.536 bits per heavy atom. The summed E-state index contributed by atoms with van der Waals surface area (Å²) in [5, 5.41) is 0. The van der Waals surface area contributed by atoms with E-state index in [1.54, 1.807) is 0 Å². The molecule has 6 heterocycles. The summed E-state index contributed by atoms with van der Waals surface area (Å²) in [6.45, 7) is 57.3. The van der Waals surface area contributed by atoms with Crippen LogP contribution in [0.25, 0.3) is 20.0 Å². The Bertz CT molecular complexity index is 4850. The minimum absolute atomic E-state index is 0.0897. The number of benzene rings is 9. The van der Waals surface area contributed by atoms with E-state index in [1.165, 1.54) is 166 Å². The Morgan fingerprint density at radius 1 is 0.237 bits per heavy atom. The molecule has 0 radical (unpaired) electrons. The SMILES string of the molecule is CC(C)(C)c1cc(N2c3ccc(C(C)(C)C)cc3B3c4ccc5c6c4N(c4cc(C(C)(C)C)cc2c43)c2c(-c3ccccc3)[se]c(-c3ccccc3)c2N6c2cc(C(C)(C)C)cc3c2B5c2ccc(C(C)(C)C)cc2N3c2cc(C(C)(C)C)cc(C(C)(C)C)c2)cc(C(C)(C)C)c1. The fourth-order valence-electron chi connectivity index (χ4n) is 16.0. The summed E-state index contributed by atoms with van der Waals surface area (Å²) >= 11 is -0.136. The van der Waals surface area contributed by atoms with Crippen LogP contribution in [-0.2, 0) is 43.3 Å². The molecule has 9 aromatic carbocycles. The Kier molecular flexibility index (Phi) is 14.4. The van der Waals surface area contributed by atoms with Gasteiger partial charge in [-0.1, -0.05) is 0 Å². The van der Waals surface area contributed by atoms with E-state index in [4.69, 9.17) is 0 Å². The maximum absolute atomic E-state index is 2.87. The number of fused-ring (bicyclic) bond motifs is 11.